The SMILES string of the molecule is CC1=CCN(C(=O)Cc2csc(N)n2)CC1. The van der Waals surface area contributed by atoms with E-state index in [0.717, 1.165) is 25.2 Å². The number of nitrogen functional groups attached to an aromatic ring is 1. The van der Waals surface area contributed by atoms with Crippen LogP contribution in [0.1, 0.15) is 19.0 Å². The van der Waals surface area contributed by atoms with Crippen molar-refractivity contribution < 1.29 is 4.79 Å². The van der Waals surface area contributed by atoms with Crippen LogP contribution in [-0.2, 0) is 11.2 Å². The lowest BCUT2D eigenvalue weighted by Gasteiger charge is -2.25. The summed E-state index contributed by atoms with van der Waals surface area (Å²) in [7, 11) is 0. The molecule has 1 aromatic rings. The average Bonchev–Trinajstić information content (AvgIpc) is 2.65. The van der Waals surface area contributed by atoms with Crippen molar-refractivity contribution in [2.45, 2.75) is 19.8 Å². The van der Waals surface area contributed by atoms with E-state index in [1.165, 1.54) is 16.9 Å². The number of thiazole rings is 1. The molecular weight excluding hydrogens is 222 g/mol. The highest BCUT2D eigenvalue weighted by atomic mass is 32.1. The van der Waals surface area contributed by atoms with Crippen molar-refractivity contribution in [3.05, 3.63) is 22.7 Å². The van der Waals surface area contributed by atoms with E-state index in [0.29, 0.717) is 11.6 Å². The molecule has 2 N–H and O–H groups in total. The van der Waals surface area contributed by atoms with Crippen molar-refractivity contribution in [1.29, 1.82) is 0 Å². The van der Waals surface area contributed by atoms with E-state index in [1.807, 2.05) is 10.3 Å². The van der Waals surface area contributed by atoms with Gasteiger partial charge < -0.3 is 10.6 Å². The van der Waals surface area contributed by atoms with E-state index in [1.54, 1.807) is 0 Å². The first-order valence-electron chi connectivity index (χ1n) is 5.28. The number of anilines is 1. The van der Waals surface area contributed by atoms with Crippen LogP contribution in [0.15, 0.2) is 17.0 Å². The predicted molar refractivity (Wildman–Crippen MR) is 65.2 cm³/mol. The molecule has 0 fully saturated rings. The third-order valence-electron chi connectivity index (χ3n) is 2.69. The minimum atomic E-state index is 0.133. The molecule has 1 aliphatic heterocycles. The normalized spacial score (nSPS) is 16.1. The number of carbonyl (C=O) groups is 1. The predicted octanol–water partition coefficient (Wildman–Crippen LogP) is 1.45. The molecular formula is C11H15N3OS. The van der Waals surface area contributed by atoms with Crippen LogP contribution in [0.25, 0.3) is 0 Å². The molecule has 0 aromatic carbocycles. The first-order chi connectivity index (χ1) is 7.65. The molecule has 1 amide bonds. The van der Waals surface area contributed by atoms with Gasteiger partial charge in [0.15, 0.2) is 5.13 Å². The standard InChI is InChI=1S/C11H15N3OS/c1-8-2-4-14(5-3-8)10(15)6-9-7-16-11(12)13-9/h2,7H,3-6H2,1H3,(H2,12,13). The Morgan fingerprint density at radius 2 is 2.50 bits per heavy atom. The maximum atomic E-state index is 11.9. The van der Waals surface area contributed by atoms with Gasteiger partial charge in [0.05, 0.1) is 12.1 Å². The second-order valence-electron chi connectivity index (χ2n) is 3.99. The highest BCUT2D eigenvalue weighted by Crippen LogP contribution is 2.14. The second-order valence-corrected chi connectivity index (χ2v) is 4.88. The van der Waals surface area contributed by atoms with E-state index in [9.17, 15) is 4.79 Å². The van der Waals surface area contributed by atoms with Gasteiger partial charge in [-0.1, -0.05) is 11.6 Å². The van der Waals surface area contributed by atoms with Gasteiger partial charge in [0.2, 0.25) is 5.91 Å². The molecule has 0 radical (unpaired) electrons. The summed E-state index contributed by atoms with van der Waals surface area (Å²) in [5.41, 5.74) is 7.66. The van der Waals surface area contributed by atoms with Crippen molar-refractivity contribution in [2.24, 2.45) is 0 Å². The molecule has 1 aromatic heterocycles. The number of amides is 1. The first-order valence-corrected chi connectivity index (χ1v) is 6.16. The van der Waals surface area contributed by atoms with Crippen LogP contribution in [0.2, 0.25) is 0 Å². The average molecular weight is 237 g/mol. The summed E-state index contributed by atoms with van der Waals surface area (Å²) in [5.74, 6) is 0.133. The Balaban J connectivity index is 1.94. The molecule has 0 aliphatic carbocycles. The number of hydrogen-bond donors (Lipinski definition) is 1. The van der Waals surface area contributed by atoms with Crippen molar-refractivity contribution in [1.82, 2.24) is 9.88 Å². The number of nitrogens with two attached hydrogens (primary N) is 1. The lowest BCUT2D eigenvalue weighted by molar-refractivity contribution is -0.130. The fraction of sp³-hybridized carbons (Fsp3) is 0.455. The molecule has 0 spiro atoms. The summed E-state index contributed by atoms with van der Waals surface area (Å²) in [6.07, 6.45) is 3.45. The topological polar surface area (TPSA) is 59.2 Å². The van der Waals surface area contributed by atoms with Crippen LogP contribution < -0.4 is 5.73 Å². The second kappa shape index (κ2) is 4.65. The summed E-state index contributed by atoms with van der Waals surface area (Å²) in [5, 5.41) is 2.37. The maximum Gasteiger partial charge on any atom is 0.228 e. The molecule has 2 rings (SSSR count). The van der Waals surface area contributed by atoms with Gasteiger partial charge in [-0.3, -0.25) is 4.79 Å². The molecule has 16 heavy (non-hydrogen) atoms. The quantitative estimate of drug-likeness (QED) is 0.792. The van der Waals surface area contributed by atoms with Gasteiger partial charge in [-0.25, -0.2) is 4.98 Å². The minimum absolute atomic E-state index is 0.133. The summed E-state index contributed by atoms with van der Waals surface area (Å²) >= 11 is 1.38. The third-order valence-corrected chi connectivity index (χ3v) is 3.41. The van der Waals surface area contributed by atoms with Crippen molar-refractivity contribution in [3.8, 4) is 0 Å². The Hall–Kier alpha value is -1.36. The number of aromatic nitrogens is 1. The molecule has 1 aliphatic rings. The number of carbonyl (C=O) groups excluding carboxylic acids is 1. The molecule has 4 nitrogen and oxygen atoms in total. The van der Waals surface area contributed by atoms with Gasteiger partial charge in [0, 0.05) is 18.5 Å². The zero-order valence-corrected chi connectivity index (χ0v) is 10.1. The molecule has 0 bridgehead atoms. The fourth-order valence-electron chi connectivity index (χ4n) is 1.67. The molecule has 86 valence electrons. The molecule has 0 unspecified atom stereocenters. The Kier molecular flexibility index (Phi) is 3.24. The van der Waals surface area contributed by atoms with Crippen LogP contribution in [0.3, 0.4) is 0 Å². The fourth-order valence-corrected chi connectivity index (χ4v) is 2.23. The van der Waals surface area contributed by atoms with Crippen LogP contribution >= 0.6 is 11.3 Å². The zero-order chi connectivity index (χ0) is 11.5. The summed E-state index contributed by atoms with van der Waals surface area (Å²) in [6.45, 7) is 3.65. The Bertz CT molecular complexity index is 425. The molecule has 0 atom stereocenters. The molecule has 0 saturated carbocycles. The minimum Gasteiger partial charge on any atom is -0.375 e. The zero-order valence-electron chi connectivity index (χ0n) is 9.27. The molecule has 2 heterocycles. The summed E-state index contributed by atoms with van der Waals surface area (Å²) in [4.78, 5) is 17.9. The third kappa shape index (κ3) is 2.61. The van der Waals surface area contributed by atoms with Crippen molar-refractivity contribution >= 4 is 22.4 Å². The van der Waals surface area contributed by atoms with Gasteiger partial charge in [-0.05, 0) is 13.3 Å². The lowest BCUT2D eigenvalue weighted by Crippen LogP contribution is -2.35. The van der Waals surface area contributed by atoms with Crippen LogP contribution in [0.5, 0.6) is 0 Å². The van der Waals surface area contributed by atoms with Gasteiger partial charge in [0.1, 0.15) is 0 Å². The maximum absolute atomic E-state index is 11.9. The van der Waals surface area contributed by atoms with E-state index in [-0.39, 0.29) is 5.91 Å². The first kappa shape index (κ1) is 11.1. The number of hydrogen-bond acceptors (Lipinski definition) is 4. The van der Waals surface area contributed by atoms with Crippen molar-refractivity contribution in [3.63, 3.8) is 0 Å². The summed E-state index contributed by atoms with van der Waals surface area (Å²) < 4.78 is 0. The van der Waals surface area contributed by atoms with Crippen molar-refractivity contribution in [2.75, 3.05) is 18.8 Å². The Morgan fingerprint density at radius 3 is 3.06 bits per heavy atom. The highest BCUT2D eigenvalue weighted by Gasteiger charge is 2.16. The number of rotatable bonds is 2. The van der Waals surface area contributed by atoms with Gasteiger partial charge in [-0.2, -0.15) is 0 Å². The lowest BCUT2D eigenvalue weighted by atomic mass is 10.1. The Labute approximate surface area is 98.8 Å². The smallest absolute Gasteiger partial charge is 0.228 e. The van der Waals surface area contributed by atoms with Gasteiger partial charge in [0.25, 0.3) is 0 Å². The highest BCUT2D eigenvalue weighted by molar-refractivity contribution is 7.13. The number of nitrogens with zero attached hydrogens (tertiary/aromatic N) is 2. The monoisotopic (exact) mass is 237 g/mol. The van der Waals surface area contributed by atoms with E-state index in [4.69, 9.17) is 5.73 Å². The van der Waals surface area contributed by atoms with Gasteiger partial charge in [-0.15, -0.1) is 11.3 Å². The Morgan fingerprint density at radius 1 is 1.69 bits per heavy atom. The van der Waals surface area contributed by atoms with E-state index >= 15 is 0 Å². The molecule has 0 saturated heterocycles. The summed E-state index contributed by atoms with van der Waals surface area (Å²) in [6, 6.07) is 0. The van der Waals surface area contributed by atoms with Crippen LogP contribution in [0, 0.1) is 0 Å². The van der Waals surface area contributed by atoms with Crippen LogP contribution in [-0.4, -0.2) is 28.9 Å². The largest absolute Gasteiger partial charge is 0.375 e. The van der Waals surface area contributed by atoms with E-state index in [2.05, 4.69) is 18.0 Å². The van der Waals surface area contributed by atoms with E-state index < -0.39 is 0 Å². The van der Waals surface area contributed by atoms with Gasteiger partial charge >= 0.3 is 0 Å². The molecule has 5 heteroatoms. The van der Waals surface area contributed by atoms with Crippen LogP contribution in [0.4, 0.5) is 5.13 Å².